The topological polar surface area (TPSA) is 89.3 Å². The van der Waals surface area contributed by atoms with E-state index in [4.69, 9.17) is 5.73 Å². The Hall–Kier alpha value is -1.40. The lowest BCUT2D eigenvalue weighted by atomic mass is 10.1. The zero-order chi connectivity index (χ0) is 13.3. The molecule has 0 aliphatic heterocycles. The second-order valence-electron chi connectivity index (χ2n) is 4.44. The number of nitrogens with two attached hydrogens (primary N) is 1. The Balaban J connectivity index is 3.13. The fourth-order valence-electron chi connectivity index (χ4n) is 1.18. The van der Waals surface area contributed by atoms with Gasteiger partial charge in [0.15, 0.2) is 9.84 Å². The highest BCUT2D eigenvalue weighted by molar-refractivity contribution is 7.90. The van der Waals surface area contributed by atoms with Crippen molar-refractivity contribution in [2.24, 2.45) is 5.73 Å². The van der Waals surface area contributed by atoms with Gasteiger partial charge in [-0.25, -0.2) is 8.42 Å². The summed E-state index contributed by atoms with van der Waals surface area (Å²) >= 11 is 0. The minimum Gasteiger partial charge on any atom is -0.323 e. The quantitative estimate of drug-likeness (QED) is 0.835. The lowest BCUT2D eigenvalue weighted by molar-refractivity contribution is -0.120. The second kappa shape index (κ2) is 4.46. The number of para-hydroxylation sites is 1. The van der Waals surface area contributed by atoms with Crippen LogP contribution in [-0.4, -0.2) is 26.1 Å². The predicted molar refractivity (Wildman–Crippen MR) is 66.4 cm³/mol. The predicted octanol–water partition coefficient (Wildman–Crippen LogP) is 0.766. The highest BCUT2D eigenvalue weighted by Gasteiger charge is 2.23. The smallest absolute Gasteiger partial charge is 0.243 e. The molecule has 0 heterocycles. The summed E-state index contributed by atoms with van der Waals surface area (Å²) in [4.78, 5) is 11.8. The van der Waals surface area contributed by atoms with Crippen LogP contribution in [0.2, 0.25) is 0 Å². The van der Waals surface area contributed by atoms with Crippen LogP contribution in [0.5, 0.6) is 0 Å². The van der Waals surface area contributed by atoms with Crippen LogP contribution in [0.4, 0.5) is 5.69 Å². The van der Waals surface area contributed by atoms with Crippen LogP contribution in [0.3, 0.4) is 0 Å². The Bertz CT molecular complexity index is 530. The van der Waals surface area contributed by atoms with Crippen molar-refractivity contribution >= 4 is 21.4 Å². The molecule has 1 rings (SSSR count). The number of carbonyl (C=O) groups is 1. The SMILES string of the molecule is CC(C)(N)C(=O)Nc1ccccc1S(C)(=O)=O. The Labute approximate surface area is 101 Å². The van der Waals surface area contributed by atoms with E-state index in [0.29, 0.717) is 0 Å². The van der Waals surface area contributed by atoms with Gasteiger partial charge in [-0.15, -0.1) is 0 Å². The van der Waals surface area contributed by atoms with Crippen LogP contribution in [0.25, 0.3) is 0 Å². The molecule has 0 unspecified atom stereocenters. The van der Waals surface area contributed by atoms with Crippen LogP contribution in [0.15, 0.2) is 29.2 Å². The number of sulfone groups is 1. The van der Waals surface area contributed by atoms with E-state index in [1.165, 1.54) is 12.1 Å². The first kappa shape index (κ1) is 13.7. The summed E-state index contributed by atoms with van der Waals surface area (Å²) in [5.41, 5.74) is 4.81. The second-order valence-corrected chi connectivity index (χ2v) is 6.43. The first-order valence-corrected chi connectivity index (χ1v) is 6.91. The first-order valence-electron chi connectivity index (χ1n) is 5.02. The lowest BCUT2D eigenvalue weighted by Crippen LogP contribution is -2.45. The summed E-state index contributed by atoms with van der Waals surface area (Å²) in [6.45, 7) is 3.09. The van der Waals surface area contributed by atoms with E-state index in [2.05, 4.69) is 5.32 Å². The van der Waals surface area contributed by atoms with Crippen LogP contribution in [-0.2, 0) is 14.6 Å². The van der Waals surface area contributed by atoms with E-state index in [1.54, 1.807) is 26.0 Å². The summed E-state index contributed by atoms with van der Waals surface area (Å²) < 4.78 is 23.0. The van der Waals surface area contributed by atoms with Gasteiger partial charge in [0.05, 0.1) is 16.1 Å². The Morgan fingerprint density at radius 3 is 2.29 bits per heavy atom. The van der Waals surface area contributed by atoms with Crippen LogP contribution >= 0.6 is 0 Å². The highest BCUT2D eigenvalue weighted by atomic mass is 32.2. The highest BCUT2D eigenvalue weighted by Crippen LogP contribution is 2.21. The molecular formula is C11H16N2O3S. The maximum atomic E-state index is 11.7. The van der Waals surface area contributed by atoms with Crippen LogP contribution in [0, 0.1) is 0 Å². The van der Waals surface area contributed by atoms with Crippen molar-refractivity contribution in [1.29, 1.82) is 0 Å². The molecule has 0 spiro atoms. The molecule has 6 heteroatoms. The molecule has 0 aromatic heterocycles. The van der Waals surface area contributed by atoms with Crippen molar-refractivity contribution < 1.29 is 13.2 Å². The molecule has 17 heavy (non-hydrogen) atoms. The summed E-state index contributed by atoms with van der Waals surface area (Å²) in [6.07, 6.45) is 1.09. The summed E-state index contributed by atoms with van der Waals surface area (Å²) in [5.74, 6) is -0.436. The summed E-state index contributed by atoms with van der Waals surface area (Å²) in [5, 5.41) is 2.51. The number of nitrogens with one attached hydrogen (secondary N) is 1. The van der Waals surface area contributed by atoms with Gasteiger partial charge in [0.2, 0.25) is 5.91 Å². The van der Waals surface area contributed by atoms with Gasteiger partial charge < -0.3 is 11.1 Å². The molecule has 0 saturated heterocycles. The van der Waals surface area contributed by atoms with Gasteiger partial charge in [0.1, 0.15) is 0 Å². The van der Waals surface area contributed by atoms with Gasteiger partial charge in [-0.3, -0.25) is 4.79 Å². The first-order chi connectivity index (χ1) is 7.62. The van der Waals surface area contributed by atoms with Gasteiger partial charge in [0.25, 0.3) is 0 Å². The largest absolute Gasteiger partial charge is 0.323 e. The van der Waals surface area contributed by atoms with Crippen molar-refractivity contribution in [1.82, 2.24) is 0 Å². The van der Waals surface area contributed by atoms with E-state index in [1.807, 2.05) is 0 Å². The van der Waals surface area contributed by atoms with Crippen molar-refractivity contribution in [2.45, 2.75) is 24.3 Å². The number of rotatable bonds is 3. The Morgan fingerprint density at radius 1 is 1.29 bits per heavy atom. The molecule has 0 bridgehead atoms. The molecule has 1 amide bonds. The third kappa shape index (κ3) is 3.54. The van der Waals surface area contributed by atoms with Gasteiger partial charge >= 0.3 is 0 Å². The van der Waals surface area contributed by atoms with E-state index in [9.17, 15) is 13.2 Å². The minimum atomic E-state index is -3.38. The molecule has 0 saturated carbocycles. The number of hydrogen-bond acceptors (Lipinski definition) is 4. The number of anilines is 1. The maximum Gasteiger partial charge on any atom is 0.243 e. The van der Waals surface area contributed by atoms with E-state index < -0.39 is 21.3 Å². The number of hydrogen-bond donors (Lipinski definition) is 2. The minimum absolute atomic E-state index is 0.0811. The zero-order valence-electron chi connectivity index (χ0n) is 10.0. The third-order valence-electron chi connectivity index (χ3n) is 2.12. The van der Waals surface area contributed by atoms with Gasteiger partial charge in [-0.05, 0) is 26.0 Å². The average molecular weight is 256 g/mol. The standard InChI is InChI=1S/C11H16N2O3S/c1-11(2,12)10(14)13-8-6-4-5-7-9(8)17(3,15)16/h4-7H,12H2,1-3H3,(H,13,14). The molecule has 94 valence electrons. The zero-order valence-corrected chi connectivity index (χ0v) is 10.8. The molecule has 3 N–H and O–H groups in total. The molecule has 5 nitrogen and oxygen atoms in total. The normalized spacial score (nSPS) is 12.2. The molecule has 0 aliphatic rings. The molecule has 1 aromatic carbocycles. The molecule has 0 aliphatic carbocycles. The Kier molecular flexibility index (Phi) is 3.59. The van der Waals surface area contributed by atoms with E-state index in [0.717, 1.165) is 6.26 Å². The summed E-state index contributed by atoms with van der Waals surface area (Å²) in [6, 6.07) is 6.21. The van der Waals surface area contributed by atoms with E-state index in [-0.39, 0.29) is 10.6 Å². The van der Waals surface area contributed by atoms with E-state index >= 15 is 0 Å². The summed E-state index contributed by atoms with van der Waals surface area (Å²) in [7, 11) is -3.38. The third-order valence-corrected chi connectivity index (χ3v) is 3.27. The van der Waals surface area contributed by atoms with Crippen LogP contribution in [0.1, 0.15) is 13.8 Å². The maximum absolute atomic E-state index is 11.7. The fraction of sp³-hybridized carbons (Fsp3) is 0.364. The monoisotopic (exact) mass is 256 g/mol. The molecular weight excluding hydrogens is 240 g/mol. The number of benzene rings is 1. The Morgan fingerprint density at radius 2 is 1.82 bits per heavy atom. The molecule has 1 aromatic rings. The average Bonchev–Trinajstić information content (AvgIpc) is 2.15. The van der Waals surface area contributed by atoms with Crippen molar-refractivity contribution in [3.8, 4) is 0 Å². The van der Waals surface area contributed by atoms with Crippen LogP contribution < -0.4 is 11.1 Å². The molecule has 0 atom stereocenters. The van der Waals surface area contributed by atoms with Gasteiger partial charge in [0, 0.05) is 6.26 Å². The fourth-order valence-corrected chi connectivity index (χ4v) is 2.02. The van der Waals surface area contributed by atoms with Crippen molar-refractivity contribution in [3.05, 3.63) is 24.3 Å². The van der Waals surface area contributed by atoms with Gasteiger partial charge in [-0.1, -0.05) is 12.1 Å². The number of amides is 1. The number of carbonyl (C=O) groups excluding carboxylic acids is 1. The molecule has 0 fully saturated rings. The van der Waals surface area contributed by atoms with Gasteiger partial charge in [-0.2, -0.15) is 0 Å². The molecule has 0 radical (unpaired) electrons. The van der Waals surface area contributed by atoms with Crippen molar-refractivity contribution in [2.75, 3.05) is 11.6 Å². The van der Waals surface area contributed by atoms with Crippen molar-refractivity contribution in [3.63, 3.8) is 0 Å². The lowest BCUT2D eigenvalue weighted by Gasteiger charge is -2.18.